The maximum Gasteiger partial charge on any atom is 0.298 e. The predicted octanol–water partition coefficient (Wildman–Crippen LogP) is 0.342. The van der Waals surface area contributed by atoms with E-state index in [0.29, 0.717) is 6.42 Å². The Hall–Kier alpha value is -1.56. The fourth-order valence-corrected chi connectivity index (χ4v) is 1.56. The lowest BCUT2D eigenvalue weighted by Gasteiger charge is -2.14. The predicted molar refractivity (Wildman–Crippen MR) is 58.6 cm³/mol. The molecule has 1 amide bonds. The first-order valence-corrected chi connectivity index (χ1v) is 5.00. The van der Waals surface area contributed by atoms with Gasteiger partial charge in [-0.25, -0.2) is 4.98 Å². The highest BCUT2D eigenvalue weighted by molar-refractivity contribution is 6.30. The van der Waals surface area contributed by atoms with E-state index in [2.05, 4.69) is 4.98 Å². The van der Waals surface area contributed by atoms with Gasteiger partial charge in [0.1, 0.15) is 12.4 Å². The largest absolute Gasteiger partial charge is 0.489 e. The number of aromatic nitrogens is 2. The molecule has 0 aliphatic rings. The summed E-state index contributed by atoms with van der Waals surface area (Å²) in [6, 6.07) is -0.744. The molecule has 0 bridgehead atoms. The monoisotopic (exact) mass is 245 g/mol. The van der Waals surface area contributed by atoms with Crippen LogP contribution in [0.2, 0.25) is 5.15 Å². The molecule has 6 nitrogen and oxygen atoms in total. The van der Waals surface area contributed by atoms with Gasteiger partial charge in [-0.2, -0.15) is 0 Å². The zero-order valence-corrected chi connectivity index (χ0v) is 9.69. The molecule has 0 spiro atoms. The van der Waals surface area contributed by atoms with Crippen molar-refractivity contribution in [2.75, 3.05) is 7.11 Å². The average molecular weight is 246 g/mol. The molecule has 1 heterocycles. The van der Waals surface area contributed by atoms with Gasteiger partial charge in [-0.15, -0.1) is 0 Å². The zero-order chi connectivity index (χ0) is 12.3. The van der Waals surface area contributed by atoms with Crippen LogP contribution in [0.25, 0.3) is 0 Å². The highest BCUT2D eigenvalue weighted by atomic mass is 35.5. The Morgan fingerprint density at radius 2 is 2.38 bits per heavy atom. The summed E-state index contributed by atoms with van der Waals surface area (Å²) in [5.41, 5.74) is 4.66. The van der Waals surface area contributed by atoms with Crippen LogP contribution in [0.1, 0.15) is 19.4 Å². The van der Waals surface area contributed by atoms with Crippen LogP contribution in [0, 0.1) is 0 Å². The molecule has 0 radical (unpaired) electrons. The molecule has 0 aliphatic carbocycles. The number of halogens is 1. The standard InChI is InChI=1S/C9H12ClN3O3/c1-3-5(8(11)14)13-4-12-7(10)6(16-2)9(13)15/h4-5H,3H2,1-2H3,(H2,11,14). The number of rotatable bonds is 4. The Balaban J connectivity index is 3.35. The van der Waals surface area contributed by atoms with Crippen LogP contribution >= 0.6 is 11.6 Å². The highest BCUT2D eigenvalue weighted by Gasteiger charge is 2.20. The van der Waals surface area contributed by atoms with E-state index in [-0.39, 0.29) is 10.9 Å². The van der Waals surface area contributed by atoms with Crippen LogP contribution in [0.4, 0.5) is 0 Å². The van der Waals surface area contributed by atoms with E-state index in [1.54, 1.807) is 6.92 Å². The molecule has 0 aromatic carbocycles. The Kier molecular flexibility index (Phi) is 3.89. The number of hydrogen-bond donors (Lipinski definition) is 1. The Morgan fingerprint density at radius 3 is 2.81 bits per heavy atom. The van der Waals surface area contributed by atoms with Gasteiger partial charge in [0.2, 0.25) is 11.7 Å². The van der Waals surface area contributed by atoms with Gasteiger partial charge in [0.15, 0.2) is 5.15 Å². The molecule has 1 aromatic rings. The molecule has 7 heteroatoms. The Morgan fingerprint density at radius 1 is 1.75 bits per heavy atom. The normalized spacial score (nSPS) is 12.2. The molecule has 16 heavy (non-hydrogen) atoms. The van der Waals surface area contributed by atoms with Crippen LogP contribution in [0.3, 0.4) is 0 Å². The number of hydrogen-bond acceptors (Lipinski definition) is 4. The number of methoxy groups -OCH3 is 1. The highest BCUT2D eigenvalue weighted by Crippen LogP contribution is 2.17. The number of nitrogens with two attached hydrogens (primary N) is 1. The van der Waals surface area contributed by atoms with Crippen molar-refractivity contribution >= 4 is 17.5 Å². The van der Waals surface area contributed by atoms with Crippen molar-refractivity contribution in [1.82, 2.24) is 9.55 Å². The molecule has 1 unspecified atom stereocenters. The third-order valence-electron chi connectivity index (χ3n) is 2.17. The van der Waals surface area contributed by atoms with Gasteiger partial charge in [0.05, 0.1) is 7.11 Å². The van der Waals surface area contributed by atoms with Gasteiger partial charge in [-0.1, -0.05) is 18.5 Å². The van der Waals surface area contributed by atoms with Crippen LogP contribution in [-0.4, -0.2) is 22.6 Å². The summed E-state index contributed by atoms with van der Waals surface area (Å²) in [4.78, 5) is 26.7. The lowest BCUT2D eigenvalue weighted by Crippen LogP contribution is -2.34. The Labute approximate surface area is 97.0 Å². The topological polar surface area (TPSA) is 87.2 Å². The molecular weight excluding hydrogens is 234 g/mol. The summed E-state index contributed by atoms with van der Waals surface area (Å²) >= 11 is 5.66. The summed E-state index contributed by atoms with van der Waals surface area (Å²) in [5.74, 6) is -0.695. The van der Waals surface area contributed by atoms with Gasteiger partial charge in [-0.05, 0) is 6.42 Å². The second kappa shape index (κ2) is 4.98. The van der Waals surface area contributed by atoms with Gasteiger partial charge >= 0.3 is 0 Å². The van der Waals surface area contributed by atoms with Crippen molar-refractivity contribution in [3.63, 3.8) is 0 Å². The molecule has 1 aromatic heterocycles. The number of carbonyl (C=O) groups is 1. The SMILES string of the molecule is CCC(C(N)=O)n1cnc(Cl)c(OC)c1=O. The van der Waals surface area contributed by atoms with Crippen molar-refractivity contribution in [2.24, 2.45) is 5.73 Å². The summed E-state index contributed by atoms with van der Waals surface area (Å²) in [5, 5.41) is -0.0388. The molecule has 0 saturated heterocycles. The summed E-state index contributed by atoms with van der Waals surface area (Å²) in [6.07, 6.45) is 1.58. The fourth-order valence-electron chi connectivity index (χ4n) is 1.36. The number of amides is 1. The van der Waals surface area contributed by atoms with Gasteiger partial charge in [-0.3, -0.25) is 14.2 Å². The van der Waals surface area contributed by atoms with Crippen LogP contribution in [-0.2, 0) is 4.79 Å². The zero-order valence-electron chi connectivity index (χ0n) is 8.94. The van der Waals surface area contributed by atoms with Crippen LogP contribution in [0.5, 0.6) is 5.75 Å². The molecule has 0 saturated carbocycles. The minimum atomic E-state index is -0.744. The third kappa shape index (κ3) is 2.16. The third-order valence-corrected chi connectivity index (χ3v) is 2.44. The maximum absolute atomic E-state index is 11.8. The summed E-state index contributed by atoms with van der Waals surface area (Å²) in [6.45, 7) is 1.74. The number of nitrogens with zero attached hydrogens (tertiary/aromatic N) is 2. The number of ether oxygens (including phenoxy) is 1. The second-order valence-corrected chi connectivity index (χ2v) is 3.47. The molecular formula is C9H12ClN3O3. The van der Waals surface area contributed by atoms with Crippen molar-refractivity contribution in [3.05, 3.63) is 21.8 Å². The average Bonchev–Trinajstić information content (AvgIpc) is 2.22. The van der Waals surface area contributed by atoms with Gasteiger partial charge in [0, 0.05) is 0 Å². The van der Waals surface area contributed by atoms with Gasteiger partial charge < -0.3 is 10.5 Å². The first-order chi connectivity index (χ1) is 7.52. The minimum Gasteiger partial charge on any atom is -0.489 e. The molecule has 0 fully saturated rings. The fraction of sp³-hybridized carbons (Fsp3) is 0.444. The number of primary amides is 1. The van der Waals surface area contributed by atoms with E-state index in [1.165, 1.54) is 13.4 Å². The molecule has 0 aliphatic heterocycles. The van der Waals surface area contributed by atoms with E-state index in [4.69, 9.17) is 22.1 Å². The second-order valence-electron chi connectivity index (χ2n) is 3.11. The molecule has 1 rings (SSSR count). The summed E-state index contributed by atoms with van der Waals surface area (Å²) < 4.78 is 5.93. The smallest absolute Gasteiger partial charge is 0.298 e. The van der Waals surface area contributed by atoms with Crippen molar-refractivity contribution in [2.45, 2.75) is 19.4 Å². The lowest BCUT2D eigenvalue weighted by atomic mass is 10.2. The van der Waals surface area contributed by atoms with E-state index in [0.717, 1.165) is 4.57 Å². The van der Waals surface area contributed by atoms with E-state index in [9.17, 15) is 9.59 Å². The first-order valence-electron chi connectivity index (χ1n) is 4.62. The first kappa shape index (κ1) is 12.5. The molecule has 1 atom stereocenters. The Bertz CT molecular complexity index is 458. The van der Waals surface area contributed by atoms with E-state index < -0.39 is 17.5 Å². The molecule has 88 valence electrons. The number of carbonyl (C=O) groups excluding carboxylic acids is 1. The lowest BCUT2D eigenvalue weighted by molar-refractivity contribution is -0.121. The van der Waals surface area contributed by atoms with Crippen LogP contribution in [0.15, 0.2) is 11.1 Å². The minimum absolute atomic E-state index is 0.0388. The van der Waals surface area contributed by atoms with E-state index in [1.807, 2.05) is 0 Å². The summed E-state index contributed by atoms with van der Waals surface area (Å²) in [7, 11) is 1.31. The van der Waals surface area contributed by atoms with Crippen LogP contribution < -0.4 is 16.0 Å². The quantitative estimate of drug-likeness (QED) is 0.775. The van der Waals surface area contributed by atoms with Crippen molar-refractivity contribution < 1.29 is 9.53 Å². The maximum atomic E-state index is 11.8. The molecule has 2 N–H and O–H groups in total. The van der Waals surface area contributed by atoms with E-state index >= 15 is 0 Å². The van der Waals surface area contributed by atoms with Crippen molar-refractivity contribution in [1.29, 1.82) is 0 Å². The van der Waals surface area contributed by atoms with Gasteiger partial charge in [0.25, 0.3) is 5.56 Å². The van der Waals surface area contributed by atoms with Crippen molar-refractivity contribution in [3.8, 4) is 5.75 Å².